The molecule has 1 heterocycles. The van der Waals surface area contributed by atoms with Gasteiger partial charge in [0, 0.05) is 6.04 Å². The van der Waals surface area contributed by atoms with E-state index in [-0.39, 0.29) is 18.0 Å². The van der Waals surface area contributed by atoms with Crippen LogP contribution < -0.4 is 5.32 Å². The number of rotatable bonds is 3. The highest BCUT2D eigenvalue weighted by molar-refractivity contribution is 7.71. The second-order valence-corrected chi connectivity index (χ2v) is 3.79. The molecule has 1 atom stereocenters. The molecule has 14 heavy (non-hydrogen) atoms. The van der Waals surface area contributed by atoms with Gasteiger partial charge in [0.25, 0.3) is 0 Å². The number of hydrogen-bond acceptors (Lipinski definition) is 3. The first kappa shape index (κ1) is 10.9. The maximum Gasteiger partial charge on any atom is 0.243 e. The first-order chi connectivity index (χ1) is 6.52. The second kappa shape index (κ2) is 4.36. The molecule has 0 fully saturated rings. The third-order valence-corrected chi connectivity index (χ3v) is 2.11. The lowest BCUT2D eigenvalue weighted by Crippen LogP contribution is -2.35. The summed E-state index contributed by atoms with van der Waals surface area (Å²) in [6, 6.07) is -0.199. The van der Waals surface area contributed by atoms with Crippen molar-refractivity contribution in [3.05, 3.63) is 11.1 Å². The molecule has 0 aliphatic carbocycles. The van der Waals surface area contributed by atoms with E-state index < -0.39 is 0 Å². The molecule has 0 spiro atoms. The van der Waals surface area contributed by atoms with Crippen molar-refractivity contribution >= 4 is 18.1 Å². The van der Waals surface area contributed by atoms with Crippen molar-refractivity contribution in [1.82, 2.24) is 20.1 Å². The van der Waals surface area contributed by atoms with E-state index in [2.05, 4.69) is 15.5 Å². The first-order valence-electron chi connectivity index (χ1n) is 4.44. The Morgan fingerprint density at radius 3 is 2.71 bits per heavy atom. The third-order valence-electron chi connectivity index (χ3n) is 1.80. The van der Waals surface area contributed by atoms with Gasteiger partial charge in [0.2, 0.25) is 5.91 Å². The van der Waals surface area contributed by atoms with Crippen molar-refractivity contribution in [1.29, 1.82) is 0 Å². The van der Waals surface area contributed by atoms with Crippen LogP contribution in [-0.4, -0.2) is 26.7 Å². The maximum atomic E-state index is 11.6. The van der Waals surface area contributed by atoms with E-state index in [1.54, 1.807) is 11.5 Å². The predicted octanol–water partition coefficient (Wildman–Crippen LogP) is 1.03. The zero-order chi connectivity index (χ0) is 10.7. The summed E-state index contributed by atoms with van der Waals surface area (Å²) in [5.41, 5.74) is 0. The van der Waals surface area contributed by atoms with Gasteiger partial charge in [-0.3, -0.25) is 14.5 Å². The number of nitrogens with one attached hydrogen (secondary N) is 2. The van der Waals surface area contributed by atoms with E-state index in [0.717, 1.165) is 0 Å². The van der Waals surface area contributed by atoms with E-state index in [0.29, 0.717) is 4.77 Å². The van der Waals surface area contributed by atoms with Crippen LogP contribution in [0.1, 0.15) is 26.8 Å². The number of carbonyl (C=O) groups is 1. The SMILES string of the molecule is CC(C)NC(=O)C(C)n1cn[nH]c1=S. The van der Waals surface area contributed by atoms with Crippen molar-refractivity contribution in [2.45, 2.75) is 32.9 Å². The fourth-order valence-corrected chi connectivity index (χ4v) is 1.32. The molecule has 1 aromatic heterocycles. The number of aromatic nitrogens is 3. The van der Waals surface area contributed by atoms with Gasteiger partial charge in [-0.15, -0.1) is 0 Å². The Balaban J connectivity index is 2.76. The molecule has 0 aromatic carbocycles. The monoisotopic (exact) mass is 214 g/mol. The number of carbonyl (C=O) groups excluding carboxylic acids is 1. The quantitative estimate of drug-likeness (QED) is 0.739. The summed E-state index contributed by atoms with van der Waals surface area (Å²) in [5.74, 6) is -0.0579. The zero-order valence-corrected chi connectivity index (χ0v) is 9.26. The molecule has 1 rings (SSSR count). The Kier molecular flexibility index (Phi) is 3.40. The van der Waals surface area contributed by atoms with Crippen molar-refractivity contribution in [3.8, 4) is 0 Å². The van der Waals surface area contributed by atoms with Gasteiger partial charge in [-0.05, 0) is 33.0 Å². The summed E-state index contributed by atoms with van der Waals surface area (Å²) in [6.07, 6.45) is 1.52. The van der Waals surface area contributed by atoms with Gasteiger partial charge < -0.3 is 5.32 Å². The summed E-state index contributed by atoms with van der Waals surface area (Å²) in [4.78, 5) is 11.6. The summed E-state index contributed by atoms with van der Waals surface area (Å²) in [7, 11) is 0. The van der Waals surface area contributed by atoms with Gasteiger partial charge >= 0.3 is 0 Å². The molecule has 6 heteroatoms. The van der Waals surface area contributed by atoms with Gasteiger partial charge in [-0.1, -0.05) is 0 Å². The molecule has 0 aliphatic rings. The van der Waals surface area contributed by atoms with Gasteiger partial charge in [0.05, 0.1) is 0 Å². The minimum absolute atomic E-state index is 0.0579. The molecule has 1 aromatic rings. The van der Waals surface area contributed by atoms with Crippen molar-refractivity contribution in [3.63, 3.8) is 0 Å². The molecular weight excluding hydrogens is 200 g/mol. The maximum absolute atomic E-state index is 11.6. The van der Waals surface area contributed by atoms with Gasteiger partial charge in [-0.2, -0.15) is 5.10 Å². The van der Waals surface area contributed by atoms with Crippen LogP contribution in [0.5, 0.6) is 0 Å². The van der Waals surface area contributed by atoms with E-state index in [9.17, 15) is 4.79 Å². The normalized spacial score (nSPS) is 12.9. The molecule has 1 unspecified atom stereocenters. The Labute approximate surface area is 87.5 Å². The van der Waals surface area contributed by atoms with Gasteiger partial charge in [0.1, 0.15) is 12.4 Å². The lowest BCUT2D eigenvalue weighted by Gasteiger charge is -2.14. The van der Waals surface area contributed by atoms with E-state index in [1.165, 1.54) is 6.33 Å². The molecule has 1 amide bonds. The molecule has 0 saturated heterocycles. The van der Waals surface area contributed by atoms with Crippen molar-refractivity contribution < 1.29 is 4.79 Å². The average molecular weight is 214 g/mol. The van der Waals surface area contributed by atoms with E-state index in [1.807, 2.05) is 13.8 Å². The number of H-pyrrole nitrogens is 1. The topological polar surface area (TPSA) is 62.7 Å². The highest BCUT2D eigenvalue weighted by atomic mass is 32.1. The fourth-order valence-electron chi connectivity index (χ4n) is 1.06. The van der Waals surface area contributed by atoms with Crippen LogP contribution in [0.2, 0.25) is 0 Å². The molecule has 5 nitrogen and oxygen atoms in total. The Hall–Kier alpha value is -1.17. The van der Waals surface area contributed by atoms with E-state index in [4.69, 9.17) is 12.2 Å². The number of hydrogen-bond donors (Lipinski definition) is 2. The lowest BCUT2D eigenvalue weighted by molar-refractivity contribution is -0.124. The molecule has 0 saturated carbocycles. The fraction of sp³-hybridized carbons (Fsp3) is 0.625. The molecule has 2 N–H and O–H groups in total. The van der Waals surface area contributed by atoms with Crippen LogP contribution in [-0.2, 0) is 4.79 Å². The minimum Gasteiger partial charge on any atom is -0.352 e. The molecule has 0 aliphatic heterocycles. The van der Waals surface area contributed by atoms with Crippen molar-refractivity contribution in [2.24, 2.45) is 0 Å². The average Bonchev–Trinajstić information content (AvgIpc) is 2.48. The van der Waals surface area contributed by atoms with Crippen LogP contribution in [0.25, 0.3) is 0 Å². The Morgan fingerprint density at radius 1 is 1.64 bits per heavy atom. The van der Waals surface area contributed by atoms with Crippen LogP contribution in [0.15, 0.2) is 6.33 Å². The van der Waals surface area contributed by atoms with Crippen LogP contribution in [0.3, 0.4) is 0 Å². The number of nitrogens with zero attached hydrogens (tertiary/aromatic N) is 2. The molecule has 0 bridgehead atoms. The van der Waals surface area contributed by atoms with Gasteiger partial charge in [0.15, 0.2) is 4.77 Å². The second-order valence-electron chi connectivity index (χ2n) is 3.41. The lowest BCUT2D eigenvalue weighted by atomic mass is 10.3. The highest BCUT2D eigenvalue weighted by Crippen LogP contribution is 2.05. The zero-order valence-electron chi connectivity index (χ0n) is 8.44. The van der Waals surface area contributed by atoms with E-state index >= 15 is 0 Å². The summed E-state index contributed by atoms with van der Waals surface area (Å²) < 4.78 is 2.07. The summed E-state index contributed by atoms with van der Waals surface area (Å²) in [5, 5.41) is 9.17. The number of aromatic amines is 1. The molecule has 78 valence electrons. The van der Waals surface area contributed by atoms with Crippen LogP contribution >= 0.6 is 12.2 Å². The van der Waals surface area contributed by atoms with Crippen LogP contribution in [0.4, 0.5) is 0 Å². The summed E-state index contributed by atoms with van der Waals surface area (Å²) in [6.45, 7) is 5.61. The molecule has 0 radical (unpaired) electrons. The number of amides is 1. The highest BCUT2D eigenvalue weighted by Gasteiger charge is 2.15. The molecular formula is C8H14N4OS. The van der Waals surface area contributed by atoms with Gasteiger partial charge in [-0.25, -0.2) is 0 Å². The predicted molar refractivity (Wildman–Crippen MR) is 55.4 cm³/mol. The largest absolute Gasteiger partial charge is 0.352 e. The minimum atomic E-state index is -0.330. The smallest absolute Gasteiger partial charge is 0.243 e. The third kappa shape index (κ3) is 2.41. The Bertz CT molecular complexity index is 367. The van der Waals surface area contributed by atoms with Crippen LogP contribution in [0, 0.1) is 4.77 Å². The standard InChI is InChI=1S/C8H14N4OS/c1-5(2)10-7(13)6(3)12-4-9-11-8(12)14/h4-6H,1-3H3,(H,10,13)(H,11,14). The first-order valence-corrected chi connectivity index (χ1v) is 4.85. The van der Waals surface area contributed by atoms with Crippen molar-refractivity contribution in [2.75, 3.05) is 0 Å². The Morgan fingerprint density at radius 2 is 2.29 bits per heavy atom. The summed E-state index contributed by atoms with van der Waals surface area (Å²) >= 11 is 4.96.